The molecule has 126 valence electrons. The van der Waals surface area contributed by atoms with Gasteiger partial charge in [0.2, 0.25) is 5.91 Å². The lowest BCUT2D eigenvalue weighted by Gasteiger charge is -2.40. The molecule has 21 heavy (non-hydrogen) atoms. The highest BCUT2D eigenvalue weighted by atomic mass is 35.5. The van der Waals surface area contributed by atoms with Crippen LogP contribution in [0.4, 0.5) is 0 Å². The molecule has 0 aromatic heterocycles. The second-order valence-electron chi connectivity index (χ2n) is 6.45. The van der Waals surface area contributed by atoms with Crippen molar-refractivity contribution in [2.24, 2.45) is 5.92 Å². The van der Waals surface area contributed by atoms with Gasteiger partial charge in [0.1, 0.15) is 0 Å². The van der Waals surface area contributed by atoms with E-state index in [0.29, 0.717) is 11.8 Å². The van der Waals surface area contributed by atoms with Gasteiger partial charge in [0.05, 0.1) is 5.54 Å². The number of amides is 1. The highest BCUT2D eigenvalue weighted by Gasteiger charge is 2.42. The SMILES string of the molecule is CCC1(C(=O)N2CCN(CC(C)C)CC2)CCCN1.Cl.Cl. The first-order chi connectivity index (χ1) is 9.07. The molecule has 0 aromatic rings. The van der Waals surface area contributed by atoms with Gasteiger partial charge in [-0.25, -0.2) is 0 Å². The molecule has 1 unspecified atom stereocenters. The van der Waals surface area contributed by atoms with E-state index < -0.39 is 0 Å². The van der Waals surface area contributed by atoms with Crippen LogP contribution in [0.25, 0.3) is 0 Å². The second-order valence-corrected chi connectivity index (χ2v) is 6.45. The van der Waals surface area contributed by atoms with E-state index in [1.165, 1.54) is 0 Å². The van der Waals surface area contributed by atoms with Gasteiger partial charge in [0, 0.05) is 32.7 Å². The van der Waals surface area contributed by atoms with Gasteiger partial charge in [0.25, 0.3) is 0 Å². The van der Waals surface area contributed by atoms with Gasteiger partial charge in [-0.05, 0) is 31.7 Å². The van der Waals surface area contributed by atoms with E-state index in [2.05, 4.69) is 35.9 Å². The number of hydrogen-bond acceptors (Lipinski definition) is 3. The van der Waals surface area contributed by atoms with E-state index in [4.69, 9.17) is 0 Å². The van der Waals surface area contributed by atoms with Crippen LogP contribution in [0.1, 0.15) is 40.0 Å². The van der Waals surface area contributed by atoms with Crippen molar-refractivity contribution in [3.05, 3.63) is 0 Å². The van der Waals surface area contributed by atoms with Gasteiger partial charge in [-0.1, -0.05) is 20.8 Å². The normalized spacial score (nSPS) is 26.4. The molecule has 6 heteroatoms. The van der Waals surface area contributed by atoms with Crippen LogP contribution in [0.5, 0.6) is 0 Å². The Balaban J connectivity index is 0.00000200. The third-order valence-electron chi connectivity index (χ3n) is 4.54. The van der Waals surface area contributed by atoms with Gasteiger partial charge < -0.3 is 10.2 Å². The van der Waals surface area contributed by atoms with Crippen LogP contribution in [0, 0.1) is 5.92 Å². The summed E-state index contributed by atoms with van der Waals surface area (Å²) >= 11 is 0. The number of rotatable bonds is 4. The Kier molecular flexibility index (Phi) is 9.17. The van der Waals surface area contributed by atoms with Crippen molar-refractivity contribution in [3.8, 4) is 0 Å². The summed E-state index contributed by atoms with van der Waals surface area (Å²) in [4.78, 5) is 17.3. The van der Waals surface area contributed by atoms with E-state index in [1.54, 1.807) is 0 Å². The quantitative estimate of drug-likeness (QED) is 0.852. The summed E-state index contributed by atoms with van der Waals surface area (Å²) in [5.41, 5.74) is -0.250. The molecule has 1 atom stereocenters. The highest BCUT2D eigenvalue weighted by Crippen LogP contribution is 2.26. The molecule has 0 radical (unpaired) electrons. The summed E-state index contributed by atoms with van der Waals surface area (Å²) in [6.07, 6.45) is 3.06. The Morgan fingerprint density at radius 2 is 1.81 bits per heavy atom. The molecule has 2 aliphatic heterocycles. The van der Waals surface area contributed by atoms with E-state index in [0.717, 1.165) is 58.5 Å². The Morgan fingerprint density at radius 3 is 2.24 bits per heavy atom. The number of carbonyl (C=O) groups excluding carboxylic acids is 1. The van der Waals surface area contributed by atoms with E-state index in [1.807, 2.05) is 0 Å². The fraction of sp³-hybridized carbons (Fsp3) is 0.933. The van der Waals surface area contributed by atoms with E-state index in [-0.39, 0.29) is 30.4 Å². The van der Waals surface area contributed by atoms with Gasteiger partial charge in [-0.15, -0.1) is 24.8 Å². The molecule has 2 saturated heterocycles. The molecule has 2 aliphatic rings. The zero-order valence-electron chi connectivity index (χ0n) is 13.6. The molecule has 1 N–H and O–H groups in total. The lowest BCUT2D eigenvalue weighted by Crippen LogP contribution is -2.59. The second kappa shape index (κ2) is 9.19. The fourth-order valence-electron chi connectivity index (χ4n) is 3.39. The zero-order chi connectivity index (χ0) is 13.9. The molecular weight excluding hydrogens is 309 g/mol. The van der Waals surface area contributed by atoms with Crippen molar-refractivity contribution in [3.63, 3.8) is 0 Å². The summed E-state index contributed by atoms with van der Waals surface area (Å²) < 4.78 is 0. The number of piperazine rings is 1. The minimum atomic E-state index is -0.250. The lowest BCUT2D eigenvalue weighted by atomic mass is 9.92. The maximum atomic E-state index is 12.7. The molecule has 0 aliphatic carbocycles. The molecule has 2 rings (SSSR count). The number of halogens is 2. The molecular formula is C15H31Cl2N3O. The molecule has 4 nitrogen and oxygen atoms in total. The number of nitrogens with zero attached hydrogens (tertiary/aromatic N) is 2. The zero-order valence-corrected chi connectivity index (χ0v) is 15.2. The fourth-order valence-corrected chi connectivity index (χ4v) is 3.39. The molecule has 2 heterocycles. The number of nitrogens with one attached hydrogen (secondary N) is 1. The van der Waals surface area contributed by atoms with Crippen molar-refractivity contribution < 1.29 is 4.79 Å². The Bertz CT molecular complexity index is 312. The van der Waals surface area contributed by atoms with Crippen LogP contribution in [0.15, 0.2) is 0 Å². The molecule has 0 spiro atoms. The lowest BCUT2D eigenvalue weighted by molar-refractivity contribution is -0.139. The number of carbonyl (C=O) groups is 1. The summed E-state index contributed by atoms with van der Waals surface area (Å²) in [6.45, 7) is 12.6. The van der Waals surface area contributed by atoms with Crippen LogP contribution in [0.2, 0.25) is 0 Å². The van der Waals surface area contributed by atoms with Crippen molar-refractivity contribution in [2.45, 2.75) is 45.6 Å². The minimum Gasteiger partial charge on any atom is -0.339 e. The van der Waals surface area contributed by atoms with Gasteiger partial charge in [0.15, 0.2) is 0 Å². The summed E-state index contributed by atoms with van der Waals surface area (Å²) in [7, 11) is 0. The molecule has 2 fully saturated rings. The Morgan fingerprint density at radius 1 is 1.19 bits per heavy atom. The predicted octanol–water partition coefficient (Wildman–Crippen LogP) is 2.16. The van der Waals surface area contributed by atoms with Crippen LogP contribution in [0.3, 0.4) is 0 Å². The third kappa shape index (κ3) is 4.98. The van der Waals surface area contributed by atoms with Crippen molar-refractivity contribution in [1.82, 2.24) is 15.1 Å². The van der Waals surface area contributed by atoms with Crippen LogP contribution in [-0.2, 0) is 4.79 Å². The average Bonchev–Trinajstić information content (AvgIpc) is 2.88. The molecule has 0 bridgehead atoms. The summed E-state index contributed by atoms with van der Waals surface area (Å²) in [5.74, 6) is 1.05. The highest BCUT2D eigenvalue weighted by molar-refractivity contribution is 5.87. The van der Waals surface area contributed by atoms with Gasteiger partial charge >= 0.3 is 0 Å². The Hall–Kier alpha value is -0.0300. The first kappa shape index (κ1) is 21.0. The van der Waals surface area contributed by atoms with E-state index >= 15 is 0 Å². The smallest absolute Gasteiger partial charge is 0.242 e. The first-order valence-electron chi connectivity index (χ1n) is 7.84. The van der Waals surface area contributed by atoms with Crippen molar-refractivity contribution >= 4 is 30.7 Å². The van der Waals surface area contributed by atoms with Crippen LogP contribution in [-0.4, -0.2) is 60.5 Å². The van der Waals surface area contributed by atoms with Crippen molar-refractivity contribution in [1.29, 1.82) is 0 Å². The monoisotopic (exact) mass is 339 g/mol. The number of hydrogen-bond donors (Lipinski definition) is 1. The average molecular weight is 340 g/mol. The summed E-state index contributed by atoms with van der Waals surface area (Å²) in [6, 6.07) is 0. The topological polar surface area (TPSA) is 35.6 Å². The van der Waals surface area contributed by atoms with Gasteiger partial charge in [-0.2, -0.15) is 0 Å². The van der Waals surface area contributed by atoms with Crippen molar-refractivity contribution in [2.75, 3.05) is 39.3 Å². The maximum Gasteiger partial charge on any atom is 0.242 e. The molecule has 1 amide bonds. The first-order valence-corrected chi connectivity index (χ1v) is 7.84. The van der Waals surface area contributed by atoms with Crippen LogP contribution < -0.4 is 5.32 Å². The van der Waals surface area contributed by atoms with E-state index in [9.17, 15) is 4.79 Å². The maximum absolute atomic E-state index is 12.7. The molecule has 0 saturated carbocycles. The largest absolute Gasteiger partial charge is 0.339 e. The minimum absolute atomic E-state index is 0. The standard InChI is InChI=1S/C15H29N3O.2ClH/c1-4-15(6-5-7-16-15)14(19)18-10-8-17(9-11-18)12-13(2)3;;/h13,16H,4-12H2,1-3H3;2*1H. The Labute approximate surface area is 141 Å². The predicted molar refractivity (Wildman–Crippen MR) is 92.6 cm³/mol. The summed E-state index contributed by atoms with van der Waals surface area (Å²) in [5, 5.41) is 3.46. The molecule has 0 aromatic carbocycles. The van der Waals surface area contributed by atoms with Gasteiger partial charge in [-0.3, -0.25) is 9.69 Å². The third-order valence-corrected chi connectivity index (χ3v) is 4.54. The van der Waals surface area contributed by atoms with Crippen LogP contribution >= 0.6 is 24.8 Å².